The van der Waals surface area contributed by atoms with Gasteiger partial charge in [-0.3, -0.25) is 4.79 Å². The van der Waals surface area contributed by atoms with Gasteiger partial charge in [0, 0.05) is 23.5 Å². The van der Waals surface area contributed by atoms with E-state index in [0.717, 1.165) is 11.3 Å². The number of hydrogen-bond donors (Lipinski definition) is 1. The number of halogens is 2. The molecule has 5 nitrogen and oxygen atoms in total. The van der Waals surface area contributed by atoms with Crippen molar-refractivity contribution in [2.24, 2.45) is 0 Å². The highest BCUT2D eigenvalue weighted by Gasteiger charge is 2.26. The van der Waals surface area contributed by atoms with E-state index in [-0.39, 0.29) is 5.02 Å². The second-order valence-electron chi connectivity index (χ2n) is 6.52. The molecule has 1 aliphatic rings. The first kappa shape index (κ1) is 19.5. The van der Waals surface area contributed by atoms with Gasteiger partial charge in [0.1, 0.15) is 0 Å². The molecule has 1 saturated carbocycles. The number of hydrogen-bond acceptors (Lipinski definition) is 3. The summed E-state index contributed by atoms with van der Waals surface area (Å²) in [7, 11) is 0. The van der Waals surface area contributed by atoms with E-state index in [4.69, 9.17) is 27.9 Å². The highest BCUT2D eigenvalue weighted by Crippen LogP contribution is 2.38. The van der Waals surface area contributed by atoms with Crippen LogP contribution in [-0.4, -0.2) is 23.1 Å². The number of carbonyl (C=O) groups excluding carboxylic acids is 2. The van der Waals surface area contributed by atoms with Gasteiger partial charge in [-0.15, -0.1) is 0 Å². The van der Waals surface area contributed by atoms with Gasteiger partial charge in [-0.2, -0.15) is 0 Å². The standard InChI is InChI=1S/C20H20Cl2N2O3/c1-12-10-14(13(2)24(12)15-7-8-15)6-9-19(26)27-11-18(25)23-17-5-3-4-16(21)20(17)22/h3-6,9-10,15H,7-8,11H2,1-2H3,(H,23,25)/b9-6+. The molecule has 1 amide bonds. The minimum absolute atomic E-state index is 0.241. The molecule has 1 heterocycles. The van der Waals surface area contributed by atoms with Crippen molar-refractivity contribution < 1.29 is 14.3 Å². The SMILES string of the molecule is Cc1cc(/C=C/C(=O)OCC(=O)Nc2cccc(Cl)c2Cl)c(C)n1C1CC1. The van der Waals surface area contributed by atoms with Gasteiger partial charge in [-0.1, -0.05) is 29.3 Å². The Kier molecular flexibility index (Phi) is 5.92. The Morgan fingerprint density at radius 1 is 1.30 bits per heavy atom. The Morgan fingerprint density at radius 2 is 2.04 bits per heavy atom. The van der Waals surface area contributed by atoms with E-state index in [9.17, 15) is 9.59 Å². The Bertz CT molecular complexity index is 914. The lowest BCUT2D eigenvalue weighted by atomic mass is 10.2. The molecule has 27 heavy (non-hydrogen) atoms. The normalized spacial score (nSPS) is 13.8. The lowest BCUT2D eigenvalue weighted by Gasteiger charge is -2.08. The first-order chi connectivity index (χ1) is 12.9. The summed E-state index contributed by atoms with van der Waals surface area (Å²) in [5, 5.41) is 3.13. The van der Waals surface area contributed by atoms with Crippen LogP contribution in [0.5, 0.6) is 0 Å². The number of nitrogens with zero attached hydrogens (tertiary/aromatic N) is 1. The number of rotatable bonds is 6. The van der Waals surface area contributed by atoms with Crippen LogP contribution in [0.25, 0.3) is 6.08 Å². The van der Waals surface area contributed by atoms with E-state index < -0.39 is 18.5 Å². The fourth-order valence-corrected chi connectivity index (χ4v) is 3.34. The summed E-state index contributed by atoms with van der Waals surface area (Å²) >= 11 is 11.9. The predicted molar refractivity (Wildman–Crippen MR) is 107 cm³/mol. The van der Waals surface area contributed by atoms with Crippen LogP contribution < -0.4 is 5.32 Å². The fourth-order valence-electron chi connectivity index (χ4n) is 3.00. The zero-order valence-electron chi connectivity index (χ0n) is 15.1. The molecule has 1 N–H and O–H groups in total. The van der Waals surface area contributed by atoms with Crippen LogP contribution in [0.4, 0.5) is 5.69 Å². The van der Waals surface area contributed by atoms with E-state index >= 15 is 0 Å². The molecule has 0 bridgehead atoms. The number of anilines is 1. The number of esters is 1. The quantitative estimate of drug-likeness (QED) is 0.545. The minimum Gasteiger partial charge on any atom is -0.452 e. The highest BCUT2D eigenvalue weighted by molar-refractivity contribution is 6.44. The average Bonchev–Trinajstić information content (AvgIpc) is 3.41. The summed E-state index contributed by atoms with van der Waals surface area (Å²) < 4.78 is 7.28. The molecule has 2 aromatic rings. The summed E-state index contributed by atoms with van der Waals surface area (Å²) in [5.74, 6) is -1.08. The van der Waals surface area contributed by atoms with Crippen molar-refractivity contribution in [3.05, 3.63) is 57.3 Å². The topological polar surface area (TPSA) is 60.3 Å². The summed E-state index contributed by atoms with van der Waals surface area (Å²) in [6.45, 7) is 3.69. The zero-order valence-corrected chi connectivity index (χ0v) is 16.6. The van der Waals surface area contributed by atoms with Crippen LogP contribution in [0.15, 0.2) is 30.3 Å². The van der Waals surface area contributed by atoms with Crippen LogP contribution in [0.2, 0.25) is 10.0 Å². The molecular formula is C20H20Cl2N2O3. The third kappa shape index (κ3) is 4.73. The van der Waals surface area contributed by atoms with E-state index in [2.05, 4.69) is 16.8 Å². The van der Waals surface area contributed by atoms with Crippen LogP contribution in [0.3, 0.4) is 0 Å². The van der Waals surface area contributed by atoms with Crippen molar-refractivity contribution >= 4 is 46.8 Å². The highest BCUT2D eigenvalue weighted by atomic mass is 35.5. The van der Waals surface area contributed by atoms with Crippen molar-refractivity contribution in [2.75, 3.05) is 11.9 Å². The van der Waals surface area contributed by atoms with E-state index in [1.807, 2.05) is 13.0 Å². The maximum atomic E-state index is 11.9. The molecule has 0 aliphatic heterocycles. The van der Waals surface area contributed by atoms with E-state index in [0.29, 0.717) is 16.8 Å². The lowest BCUT2D eigenvalue weighted by Crippen LogP contribution is -2.20. The smallest absolute Gasteiger partial charge is 0.331 e. The Morgan fingerprint density at radius 3 is 2.74 bits per heavy atom. The molecular weight excluding hydrogens is 387 g/mol. The van der Waals surface area contributed by atoms with Gasteiger partial charge in [0.05, 0.1) is 15.7 Å². The van der Waals surface area contributed by atoms with Crippen molar-refractivity contribution in [1.82, 2.24) is 4.57 Å². The summed E-state index contributed by atoms with van der Waals surface area (Å²) in [6, 6.07) is 7.52. The van der Waals surface area contributed by atoms with Gasteiger partial charge >= 0.3 is 5.97 Å². The molecule has 1 aromatic heterocycles. The third-order valence-electron chi connectivity index (χ3n) is 4.41. The van der Waals surface area contributed by atoms with E-state index in [1.54, 1.807) is 24.3 Å². The molecule has 3 rings (SSSR count). The molecule has 0 radical (unpaired) electrons. The first-order valence-electron chi connectivity index (χ1n) is 8.64. The maximum absolute atomic E-state index is 11.9. The van der Waals surface area contributed by atoms with E-state index in [1.165, 1.54) is 24.6 Å². The van der Waals surface area contributed by atoms with Crippen molar-refractivity contribution in [3.63, 3.8) is 0 Å². The molecule has 0 spiro atoms. The number of carbonyl (C=O) groups is 2. The molecule has 0 saturated heterocycles. The molecule has 1 aliphatic carbocycles. The summed E-state index contributed by atoms with van der Waals surface area (Å²) in [5.41, 5.74) is 3.66. The van der Waals surface area contributed by atoms with Crippen molar-refractivity contribution in [3.8, 4) is 0 Å². The molecule has 7 heteroatoms. The molecule has 1 aromatic carbocycles. The van der Waals surface area contributed by atoms with Gasteiger partial charge in [0.25, 0.3) is 5.91 Å². The fraction of sp³-hybridized carbons (Fsp3) is 0.300. The lowest BCUT2D eigenvalue weighted by molar-refractivity contribution is -0.142. The van der Waals surface area contributed by atoms with Gasteiger partial charge in [-0.05, 0) is 56.5 Å². The van der Waals surface area contributed by atoms with Crippen LogP contribution in [-0.2, 0) is 14.3 Å². The number of aryl methyl sites for hydroxylation is 1. The third-order valence-corrected chi connectivity index (χ3v) is 5.22. The Labute approximate surface area is 167 Å². The Hall–Kier alpha value is -2.24. The van der Waals surface area contributed by atoms with Crippen LogP contribution in [0.1, 0.15) is 35.8 Å². The van der Waals surface area contributed by atoms with Gasteiger partial charge in [0.15, 0.2) is 6.61 Å². The number of amides is 1. The number of aromatic nitrogens is 1. The minimum atomic E-state index is -0.585. The van der Waals surface area contributed by atoms with Crippen LogP contribution >= 0.6 is 23.2 Å². The monoisotopic (exact) mass is 406 g/mol. The summed E-state index contributed by atoms with van der Waals surface area (Å²) in [4.78, 5) is 23.8. The number of ether oxygens (including phenoxy) is 1. The van der Waals surface area contributed by atoms with Gasteiger partial charge in [0.2, 0.25) is 0 Å². The number of nitrogens with one attached hydrogen (secondary N) is 1. The second kappa shape index (κ2) is 8.19. The van der Waals surface area contributed by atoms with Gasteiger partial charge < -0.3 is 14.6 Å². The second-order valence-corrected chi connectivity index (χ2v) is 7.30. The average molecular weight is 407 g/mol. The Balaban J connectivity index is 1.53. The zero-order chi connectivity index (χ0) is 19.6. The molecule has 1 fully saturated rings. The largest absolute Gasteiger partial charge is 0.452 e. The van der Waals surface area contributed by atoms with Gasteiger partial charge in [-0.25, -0.2) is 4.79 Å². The molecule has 142 valence electrons. The van der Waals surface area contributed by atoms with Crippen LogP contribution in [0, 0.1) is 13.8 Å². The first-order valence-corrected chi connectivity index (χ1v) is 9.39. The van der Waals surface area contributed by atoms with Crippen molar-refractivity contribution in [2.45, 2.75) is 32.7 Å². The van der Waals surface area contributed by atoms with Crippen molar-refractivity contribution in [1.29, 1.82) is 0 Å². The predicted octanol–water partition coefficient (Wildman–Crippen LogP) is 4.94. The molecule has 0 unspecified atom stereocenters. The molecule has 0 atom stereocenters. The number of benzene rings is 1. The summed E-state index contributed by atoms with van der Waals surface area (Å²) in [6.07, 6.45) is 5.45. The maximum Gasteiger partial charge on any atom is 0.331 e.